The molecule has 2 rings (SSSR count). The molecule has 17 heavy (non-hydrogen) atoms. The molecule has 0 amide bonds. The minimum absolute atomic E-state index is 0.706. The van der Waals surface area contributed by atoms with Crippen molar-refractivity contribution in [1.29, 1.82) is 0 Å². The number of amidine groups is 1. The van der Waals surface area contributed by atoms with Crippen LogP contribution >= 0.6 is 0 Å². The molecule has 2 saturated heterocycles. The molecule has 0 radical (unpaired) electrons. The van der Waals surface area contributed by atoms with Crippen molar-refractivity contribution in [2.45, 2.75) is 31.9 Å². The average Bonchev–Trinajstić information content (AvgIpc) is 2.86. The lowest BCUT2D eigenvalue weighted by molar-refractivity contribution is -0.510. The van der Waals surface area contributed by atoms with Crippen molar-refractivity contribution in [3.05, 3.63) is 12.2 Å². The van der Waals surface area contributed by atoms with Gasteiger partial charge in [-0.2, -0.15) is 19.2 Å². The van der Waals surface area contributed by atoms with E-state index in [9.17, 15) is 13.2 Å². The molecule has 0 spiro atoms. The van der Waals surface area contributed by atoms with Gasteiger partial charge in [0.25, 0.3) is 0 Å². The molecule has 2 heterocycles. The van der Waals surface area contributed by atoms with Crippen molar-refractivity contribution in [2.75, 3.05) is 26.2 Å². The Balaban J connectivity index is 2.18. The Morgan fingerprint density at radius 3 is 2.18 bits per heavy atom. The third-order valence-corrected chi connectivity index (χ3v) is 3.23. The van der Waals surface area contributed by atoms with Crippen molar-refractivity contribution >= 4 is 5.84 Å². The Morgan fingerprint density at radius 1 is 1.06 bits per heavy atom. The number of rotatable bonds is 1. The summed E-state index contributed by atoms with van der Waals surface area (Å²) in [6.07, 6.45) is 2.58. The normalized spacial score (nSPS) is 21.8. The Labute approximate surface area is 99.4 Å². The van der Waals surface area contributed by atoms with E-state index >= 15 is 0 Å². The first-order valence-corrected chi connectivity index (χ1v) is 6.11. The maximum absolute atomic E-state index is 12.2. The van der Waals surface area contributed by atoms with Gasteiger partial charge < -0.3 is 9.48 Å². The van der Waals surface area contributed by atoms with Crippen LogP contribution in [0.4, 0.5) is 13.2 Å². The highest BCUT2D eigenvalue weighted by atomic mass is 19.4. The summed E-state index contributed by atoms with van der Waals surface area (Å²) in [5, 5.41) is 0. The summed E-state index contributed by atoms with van der Waals surface area (Å²) in [6.45, 7) is 3.45. The van der Waals surface area contributed by atoms with E-state index in [-0.39, 0.29) is 0 Å². The Bertz CT molecular complexity index is 317. The highest BCUT2D eigenvalue weighted by Crippen LogP contribution is 2.17. The van der Waals surface area contributed by atoms with Gasteiger partial charge in [-0.3, -0.25) is 0 Å². The number of alkyl halides is 3. The summed E-state index contributed by atoms with van der Waals surface area (Å²) in [5.41, 5.74) is 0. The number of allylic oxidation sites excluding steroid dienone is 1. The highest BCUT2D eigenvalue weighted by Gasteiger charge is 2.21. The molecule has 0 aromatic heterocycles. The van der Waals surface area contributed by atoms with Crippen LogP contribution in [0.1, 0.15) is 25.7 Å². The predicted molar refractivity (Wildman–Crippen MR) is 58.9 cm³/mol. The molecule has 2 aliphatic rings. The predicted octanol–water partition coefficient (Wildman–Crippen LogP) is 2.21. The quantitative estimate of drug-likeness (QED) is 0.390. The van der Waals surface area contributed by atoms with Crippen LogP contribution in [0.5, 0.6) is 0 Å². The molecule has 0 unspecified atom stereocenters. The van der Waals surface area contributed by atoms with Crippen LogP contribution in [0.15, 0.2) is 6.08 Å². The Kier molecular flexibility index (Phi) is 3.74. The Hall–Kier alpha value is -1.00. The molecule has 0 aromatic rings. The third kappa shape index (κ3) is 3.48. The molecule has 0 atom stereocenters. The zero-order valence-corrected chi connectivity index (χ0v) is 9.76. The lowest BCUT2D eigenvalue weighted by Crippen LogP contribution is -2.34. The van der Waals surface area contributed by atoms with Gasteiger partial charge in [0.1, 0.15) is 5.84 Å². The van der Waals surface area contributed by atoms with Crippen LogP contribution in [0.25, 0.3) is 0 Å². The van der Waals surface area contributed by atoms with Crippen LogP contribution in [0.3, 0.4) is 0 Å². The summed E-state index contributed by atoms with van der Waals surface area (Å²) >= 11 is 0. The van der Waals surface area contributed by atoms with Gasteiger partial charge in [0, 0.05) is 0 Å². The number of nitrogens with zero attached hydrogens (tertiary/aromatic N) is 2. The second-order valence-corrected chi connectivity index (χ2v) is 4.53. The fourth-order valence-corrected chi connectivity index (χ4v) is 2.42. The van der Waals surface area contributed by atoms with Crippen molar-refractivity contribution in [2.24, 2.45) is 0 Å². The second-order valence-electron chi connectivity index (χ2n) is 4.53. The minimum Gasteiger partial charge on any atom is -0.340 e. The number of likely N-dealkylation sites (tertiary alicyclic amines) is 1. The van der Waals surface area contributed by atoms with Crippen LogP contribution in [0.2, 0.25) is 0 Å². The van der Waals surface area contributed by atoms with E-state index < -0.39 is 6.18 Å². The van der Waals surface area contributed by atoms with Gasteiger partial charge in [-0.1, -0.05) is 0 Å². The van der Waals surface area contributed by atoms with E-state index in [1.165, 1.54) is 6.08 Å². The monoisotopic (exact) mass is 246 g/mol. The van der Waals surface area contributed by atoms with Crippen LogP contribution in [-0.4, -0.2) is 47.7 Å². The van der Waals surface area contributed by atoms with E-state index in [0.29, 0.717) is 5.84 Å². The smallest absolute Gasteiger partial charge is 0.334 e. The summed E-state index contributed by atoms with van der Waals surface area (Å²) in [4.78, 5) is 2.05. The van der Waals surface area contributed by atoms with Crippen molar-refractivity contribution in [1.82, 2.24) is 4.90 Å². The molecule has 0 saturated carbocycles. The van der Waals surface area contributed by atoms with Gasteiger partial charge in [0.05, 0.1) is 26.2 Å². The van der Waals surface area contributed by atoms with Crippen molar-refractivity contribution in [3.63, 3.8) is 0 Å². The lowest BCUT2D eigenvalue weighted by Gasteiger charge is -2.22. The van der Waals surface area contributed by atoms with E-state index in [4.69, 9.17) is 0 Å². The largest absolute Gasteiger partial charge is 0.340 e. The molecule has 2 aliphatic heterocycles. The summed E-state index contributed by atoms with van der Waals surface area (Å²) in [7, 11) is 0. The number of hydrogen-bond donors (Lipinski definition) is 0. The van der Waals surface area contributed by atoms with Crippen LogP contribution in [0, 0.1) is 6.08 Å². The minimum atomic E-state index is -4.34. The zero-order chi connectivity index (χ0) is 12.3. The van der Waals surface area contributed by atoms with Gasteiger partial charge in [-0.15, -0.1) is 6.08 Å². The first kappa shape index (κ1) is 12.5. The fourth-order valence-electron chi connectivity index (χ4n) is 2.42. The maximum Gasteiger partial charge on any atom is 0.334 e. The number of hydrogen-bond acceptors (Lipinski definition) is 0. The summed E-state index contributed by atoms with van der Waals surface area (Å²) in [5.74, 6) is 0.706. The van der Waals surface area contributed by atoms with Gasteiger partial charge in [-0.25, -0.2) is 0 Å². The third-order valence-electron chi connectivity index (χ3n) is 3.23. The molecular weight excluding hydrogens is 229 g/mol. The van der Waals surface area contributed by atoms with Gasteiger partial charge in [-0.05, 0) is 25.7 Å². The molecule has 2 nitrogen and oxygen atoms in total. The molecule has 96 valence electrons. The van der Waals surface area contributed by atoms with Gasteiger partial charge >= 0.3 is 6.18 Å². The fraction of sp³-hybridized carbons (Fsp3) is 0.750. The molecule has 0 aliphatic carbocycles. The SMILES string of the molecule is FC(F)(F)[C-]=CC(N1CCCC1)=[N+]1CCCC1. The summed E-state index contributed by atoms with van der Waals surface area (Å²) < 4.78 is 38.6. The van der Waals surface area contributed by atoms with Gasteiger partial charge in [0.2, 0.25) is 0 Å². The van der Waals surface area contributed by atoms with Crippen LogP contribution < -0.4 is 0 Å². The van der Waals surface area contributed by atoms with E-state index in [0.717, 1.165) is 57.9 Å². The lowest BCUT2D eigenvalue weighted by atomic mass is 10.4. The zero-order valence-electron chi connectivity index (χ0n) is 9.76. The van der Waals surface area contributed by atoms with Crippen molar-refractivity contribution in [3.8, 4) is 0 Å². The Morgan fingerprint density at radius 2 is 1.65 bits per heavy atom. The molecule has 0 N–H and O–H groups in total. The molecule has 0 bridgehead atoms. The second kappa shape index (κ2) is 5.10. The topological polar surface area (TPSA) is 6.25 Å². The molecule has 5 heteroatoms. The van der Waals surface area contributed by atoms with E-state index in [2.05, 4.69) is 0 Å². The first-order valence-electron chi connectivity index (χ1n) is 6.11. The standard InChI is InChI=1S/C12H17F3N2/c13-12(14,15)6-5-11(16-7-1-2-8-16)17-9-3-4-10-17/h5H,1-4,7-10H2. The summed E-state index contributed by atoms with van der Waals surface area (Å²) in [6, 6.07) is 0. The van der Waals surface area contributed by atoms with E-state index in [1.54, 1.807) is 0 Å². The first-order chi connectivity index (χ1) is 8.06. The molecule has 0 aromatic carbocycles. The van der Waals surface area contributed by atoms with Crippen molar-refractivity contribution < 1.29 is 17.7 Å². The average molecular weight is 246 g/mol. The molecular formula is C12H17F3N2. The van der Waals surface area contributed by atoms with Crippen LogP contribution in [-0.2, 0) is 0 Å². The van der Waals surface area contributed by atoms with Gasteiger partial charge in [0.15, 0.2) is 0 Å². The number of halogens is 3. The van der Waals surface area contributed by atoms with E-state index in [1.807, 2.05) is 9.48 Å². The maximum atomic E-state index is 12.2. The highest BCUT2D eigenvalue weighted by molar-refractivity contribution is 5.88. The molecule has 2 fully saturated rings.